The van der Waals surface area contributed by atoms with Crippen LogP contribution in [0.4, 0.5) is 18.0 Å². The van der Waals surface area contributed by atoms with Gasteiger partial charge < -0.3 is 15.7 Å². The second-order valence-electron chi connectivity index (χ2n) is 5.24. The number of hydrogen-bond acceptors (Lipinski definition) is 3. The van der Waals surface area contributed by atoms with E-state index in [1.165, 1.54) is 0 Å². The first-order valence-electron chi connectivity index (χ1n) is 7.10. The lowest BCUT2D eigenvalue weighted by Crippen LogP contribution is -2.39. The fourth-order valence-corrected chi connectivity index (χ4v) is 2.11. The van der Waals surface area contributed by atoms with Gasteiger partial charge in [0, 0.05) is 24.8 Å². The number of aromatic nitrogens is 2. The van der Waals surface area contributed by atoms with Crippen molar-refractivity contribution in [2.24, 2.45) is 7.05 Å². The highest BCUT2D eigenvalue weighted by atomic mass is 19.2. The van der Waals surface area contributed by atoms with Gasteiger partial charge in [-0.1, -0.05) is 0 Å². The Labute approximate surface area is 136 Å². The van der Waals surface area contributed by atoms with Crippen LogP contribution in [-0.2, 0) is 13.6 Å². The third-order valence-corrected chi connectivity index (χ3v) is 3.67. The molecule has 0 aliphatic heterocycles. The summed E-state index contributed by atoms with van der Waals surface area (Å²) >= 11 is 0. The lowest BCUT2D eigenvalue weighted by atomic mass is 10.1. The maximum absolute atomic E-state index is 13.3. The number of amides is 2. The molecule has 0 saturated heterocycles. The van der Waals surface area contributed by atoms with Crippen LogP contribution in [0.5, 0.6) is 0 Å². The highest BCUT2D eigenvalue weighted by Crippen LogP contribution is 2.19. The van der Waals surface area contributed by atoms with Gasteiger partial charge in [0.2, 0.25) is 0 Å². The summed E-state index contributed by atoms with van der Waals surface area (Å²) in [6.45, 7) is 1.42. The highest BCUT2D eigenvalue weighted by Gasteiger charge is 2.19. The molecule has 0 aliphatic rings. The van der Waals surface area contributed by atoms with Crippen LogP contribution in [-0.4, -0.2) is 27.5 Å². The molecular weight excluding hydrogens is 325 g/mol. The van der Waals surface area contributed by atoms with Crippen molar-refractivity contribution in [3.63, 3.8) is 0 Å². The van der Waals surface area contributed by atoms with Crippen molar-refractivity contribution < 1.29 is 23.1 Å². The first-order chi connectivity index (χ1) is 11.3. The van der Waals surface area contributed by atoms with E-state index < -0.39 is 36.1 Å². The summed E-state index contributed by atoms with van der Waals surface area (Å²) in [5, 5.41) is 18.3. The van der Waals surface area contributed by atoms with Gasteiger partial charge in [0.15, 0.2) is 17.5 Å². The number of halogens is 3. The highest BCUT2D eigenvalue weighted by molar-refractivity contribution is 5.74. The first kappa shape index (κ1) is 17.8. The third kappa shape index (κ3) is 3.85. The maximum atomic E-state index is 13.3. The molecule has 1 atom stereocenters. The van der Waals surface area contributed by atoms with Gasteiger partial charge in [-0.25, -0.2) is 18.0 Å². The molecule has 1 unspecified atom stereocenters. The van der Waals surface area contributed by atoms with Crippen LogP contribution in [0.25, 0.3) is 0 Å². The molecule has 0 fully saturated rings. The van der Waals surface area contributed by atoms with Crippen molar-refractivity contribution in [3.8, 4) is 0 Å². The Morgan fingerprint density at radius 2 is 1.96 bits per heavy atom. The van der Waals surface area contributed by atoms with Crippen molar-refractivity contribution in [2.45, 2.75) is 19.5 Å². The number of aliphatic hydroxyl groups is 1. The van der Waals surface area contributed by atoms with Crippen molar-refractivity contribution >= 4 is 6.03 Å². The van der Waals surface area contributed by atoms with Crippen molar-refractivity contribution in [2.75, 3.05) is 6.61 Å². The molecule has 0 spiro atoms. The molecule has 0 aliphatic carbocycles. The van der Waals surface area contributed by atoms with Gasteiger partial charge >= 0.3 is 6.03 Å². The summed E-state index contributed by atoms with van der Waals surface area (Å²) in [5.41, 5.74) is 1.59. The number of rotatable bonds is 5. The van der Waals surface area contributed by atoms with E-state index in [1.54, 1.807) is 17.9 Å². The van der Waals surface area contributed by atoms with Crippen molar-refractivity contribution in [1.82, 2.24) is 20.4 Å². The Balaban J connectivity index is 2.02. The molecule has 1 heterocycles. The SMILES string of the molecule is Cc1c(CNC(=O)NC(CO)c2cc(F)c(F)c(F)c2)cnn1C. The molecule has 3 N–H and O–H groups in total. The standard InChI is InChI=1S/C15H17F3N4O2/c1-8-10(6-20-22(8)2)5-19-15(24)21-13(7-23)9-3-11(16)14(18)12(17)4-9/h3-4,6,13,23H,5,7H2,1-2H3,(H2,19,21,24). The molecule has 24 heavy (non-hydrogen) atoms. The molecule has 0 saturated carbocycles. The summed E-state index contributed by atoms with van der Waals surface area (Å²) < 4.78 is 41.1. The monoisotopic (exact) mass is 342 g/mol. The Kier molecular flexibility index (Phi) is 5.45. The van der Waals surface area contributed by atoms with Crippen LogP contribution in [0.3, 0.4) is 0 Å². The van der Waals surface area contributed by atoms with E-state index in [4.69, 9.17) is 0 Å². The van der Waals surface area contributed by atoms with Crippen LogP contribution in [0.15, 0.2) is 18.3 Å². The number of aliphatic hydroxyl groups excluding tert-OH is 1. The van der Waals surface area contributed by atoms with Crippen molar-refractivity contribution in [3.05, 3.63) is 52.6 Å². The zero-order valence-corrected chi connectivity index (χ0v) is 13.1. The Morgan fingerprint density at radius 3 is 2.46 bits per heavy atom. The molecular formula is C15H17F3N4O2. The second-order valence-corrected chi connectivity index (χ2v) is 5.24. The summed E-state index contributed by atoms with van der Waals surface area (Å²) in [5.74, 6) is -4.39. The summed E-state index contributed by atoms with van der Waals surface area (Å²) in [6.07, 6.45) is 1.60. The number of aryl methyl sites for hydroxylation is 1. The second kappa shape index (κ2) is 7.35. The van der Waals surface area contributed by atoms with Gasteiger partial charge in [0.25, 0.3) is 0 Å². The largest absolute Gasteiger partial charge is 0.394 e. The summed E-state index contributed by atoms with van der Waals surface area (Å²) in [4.78, 5) is 11.9. The van der Waals surface area contributed by atoms with Gasteiger partial charge in [-0.3, -0.25) is 4.68 Å². The third-order valence-electron chi connectivity index (χ3n) is 3.67. The van der Waals surface area contributed by atoms with Gasteiger partial charge in [-0.2, -0.15) is 5.10 Å². The number of carbonyl (C=O) groups excluding carboxylic acids is 1. The molecule has 1 aromatic carbocycles. The number of benzene rings is 1. The smallest absolute Gasteiger partial charge is 0.315 e. The van der Waals surface area contributed by atoms with Gasteiger partial charge in [-0.15, -0.1) is 0 Å². The zero-order chi connectivity index (χ0) is 17.9. The fourth-order valence-electron chi connectivity index (χ4n) is 2.11. The van der Waals surface area contributed by atoms with E-state index in [1.807, 2.05) is 6.92 Å². The molecule has 0 bridgehead atoms. The first-order valence-corrected chi connectivity index (χ1v) is 7.10. The van der Waals surface area contributed by atoms with Gasteiger partial charge in [-0.05, 0) is 24.6 Å². The summed E-state index contributed by atoms with van der Waals surface area (Å²) in [7, 11) is 1.76. The van der Waals surface area contributed by atoms with Crippen LogP contribution in [0.1, 0.15) is 22.9 Å². The maximum Gasteiger partial charge on any atom is 0.315 e. The quantitative estimate of drug-likeness (QED) is 0.724. The van der Waals surface area contributed by atoms with E-state index in [0.717, 1.165) is 23.4 Å². The normalized spacial score (nSPS) is 12.1. The average molecular weight is 342 g/mol. The summed E-state index contributed by atoms with van der Waals surface area (Å²) in [6, 6.07) is -0.276. The predicted molar refractivity (Wildman–Crippen MR) is 79.5 cm³/mol. The lowest BCUT2D eigenvalue weighted by molar-refractivity contribution is 0.216. The van der Waals surface area contributed by atoms with Crippen LogP contribution in [0.2, 0.25) is 0 Å². The fraction of sp³-hybridized carbons (Fsp3) is 0.333. The number of nitrogens with one attached hydrogen (secondary N) is 2. The zero-order valence-electron chi connectivity index (χ0n) is 13.1. The Morgan fingerprint density at radius 1 is 1.33 bits per heavy atom. The molecule has 2 rings (SSSR count). The number of hydrogen-bond donors (Lipinski definition) is 3. The number of urea groups is 1. The van der Waals surface area contributed by atoms with Crippen molar-refractivity contribution in [1.29, 1.82) is 0 Å². The number of carbonyl (C=O) groups is 1. The van der Waals surface area contributed by atoms with E-state index >= 15 is 0 Å². The predicted octanol–water partition coefficient (Wildman–Crippen LogP) is 1.68. The minimum absolute atomic E-state index is 0.0818. The Bertz CT molecular complexity index is 725. The average Bonchev–Trinajstić information content (AvgIpc) is 2.87. The Hall–Kier alpha value is -2.55. The van der Waals surface area contributed by atoms with Gasteiger partial charge in [0.1, 0.15) is 0 Å². The molecule has 0 radical (unpaired) electrons. The number of nitrogens with zero attached hydrogens (tertiary/aromatic N) is 2. The van der Waals surface area contributed by atoms with E-state index in [2.05, 4.69) is 15.7 Å². The molecule has 130 valence electrons. The van der Waals surface area contributed by atoms with Crippen LogP contribution >= 0.6 is 0 Å². The van der Waals surface area contributed by atoms with Crippen LogP contribution in [0, 0.1) is 24.4 Å². The minimum atomic E-state index is -1.60. The molecule has 6 nitrogen and oxygen atoms in total. The van der Waals surface area contributed by atoms with E-state index in [9.17, 15) is 23.1 Å². The van der Waals surface area contributed by atoms with Gasteiger partial charge in [0.05, 0.1) is 18.8 Å². The lowest BCUT2D eigenvalue weighted by Gasteiger charge is -2.17. The topological polar surface area (TPSA) is 79.2 Å². The molecule has 2 aromatic rings. The molecule has 1 aromatic heterocycles. The van der Waals surface area contributed by atoms with E-state index in [-0.39, 0.29) is 12.1 Å². The van der Waals surface area contributed by atoms with Crippen LogP contribution < -0.4 is 10.6 Å². The molecule has 9 heteroatoms. The van der Waals surface area contributed by atoms with E-state index in [0.29, 0.717) is 0 Å². The molecule has 2 amide bonds. The minimum Gasteiger partial charge on any atom is -0.394 e.